The summed E-state index contributed by atoms with van der Waals surface area (Å²) >= 11 is 0. The largest absolute Gasteiger partial charge is 0.389 e. The molecule has 0 spiro atoms. The number of hydrogen-bond donors (Lipinski definition) is 1. The van der Waals surface area contributed by atoms with Crippen molar-refractivity contribution in [2.75, 3.05) is 13.2 Å². The lowest BCUT2D eigenvalue weighted by Crippen LogP contribution is -2.31. The van der Waals surface area contributed by atoms with E-state index in [1.54, 1.807) is 0 Å². The predicted octanol–water partition coefficient (Wildman–Crippen LogP) is 2.44. The van der Waals surface area contributed by atoms with Crippen molar-refractivity contribution >= 4 is 0 Å². The molecule has 0 radical (unpaired) electrons. The van der Waals surface area contributed by atoms with Gasteiger partial charge >= 0.3 is 0 Å². The van der Waals surface area contributed by atoms with Crippen LogP contribution in [-0.2, 0) is 11.2 Å². The zero-order valence-corrected chi connectivity index (χ0v) is 9.59. The molecule has 2 rings (SSSR count). The Hall–Kier alpha value is -1.00. The second kappa shape index (κ2) is 5.10. The summed E-state index contributed by atoms with van der Waals surface area (Å²) in [5.41, 5.74) is -0.414. The van der Waals surface area contributed by atoms with E-state index in [1.165, 1.54) is 12.1 Å². The van der Waals surface area contributed by atoms with E-state index in [-0.39, 0.29) is 6.42 Å². The summed E-state index contributed by atoms with van der Waals surface area (Å²) in [6.45, 7) is 1.13. The van der Waals surface area contributed by atoms with Crippen LogP contribution in [0.1, 0.15) is 24.8 Å². The fraction of sp³-hybridized carbons (Fsp3) is 0.538. The van der Waals surface area contributed by atoms with Crippen LogP contribution >= 0.6 is 0 Å². The minimum atomic E-state index is -0.906. The fourth-order valence-corrected chi connectivity index (χ4v) is 2.26. The molecule has 4 heteroatoms. The maximum Gasteiger partial charge on any atom is 0.126 e. The van der Waals surface area contributed by atoms with Crippen LogP contribution in [0.15, 0.2) is 18.2 Å². The third-order valence-corrected chi connectivity index (χ3v) is 3.10. The Morgan fingerprint density at radius 1 is 1.12 bits per heavy atom. The van der Waals surface area contributed by atoms with Crippen LogP contribution in [0.5, 0.6) is 0 Å². The molecule has 1 unspecified atom stereocenters. The molecule has 1 aromatic rings. The van der Waals surface area contributed by atoms with Crippen LogP contribution < -0.4 is 0 Å². The molecule has 0 aromatic heterocycles. The van der Waals surface area contributed by atoms with Gasteiger partial charge in [0.2, 0.25) is 0 Å². The molecule has 2 nitrogen and oxygen atoms in total. The Balaban J connectivity index is 2.12. The van der Waals surface area contributed by atoms with Gasteiger partial charge in [0.1, 0.15) is 11.6 Å². The number of aliphatic hydroxyl groups is 1. The molecule has 0 saturated carbocycles. The van der Waals surface area contributed by atoms with Gasteiger partial charge in [-0.2, -0.15) is 0 Å². The molecule has 1 aliphatic heterocycles. The van der Waals surface area contributed by atoms with Crippen LogP contribution in [0.2, 0.25) is 0 Å². The summed E-state index contributed by atoms with van der Waals surface area (Å²) in [6.07, 6.45) is 2.15. The smallest absolute Gasteiger partial charge is 0.126 e. The first-order valence-electron chi connectivity index (χ1n) is 5.83. The van der Waals surface area contributed by atoms with Crippen molar-refractivity contribution in [3.05, 3.63) is 35.4 Å². The zero-order valence-electron chi connectivity index (χ0n) is 9.59. The number of benzene rings is 1. The van der Waals surface area contributed by atoms with Crippen molar-refractivity contribution in [3.8, 4) is 0 Å². The second-order valence-electron chi connectivity index (χ2n) is 4.64. The monoisotopic (exact) mass is 242 g/mol. The summed E-state index contributed by atoms with van der Waals surface area (Å²) in [6, 6.07) is 3.38. The first kappa shape index (κ1) is 12.5. The van der Waals surface area contributed by atoms with Gasteiger partial charge in [-0.05, 0) is 37.0 Å². The molecule has 1 atom stereocenters. The highest BCUT2D eigenvalue weighted by Crippen LogP contribution is 2.26. The van der Waals surface area contributed by atoms with Crippen molar-refractivity contribution in [1.29, 1.82) is 0 Å². The van der Waals surface area contributed by atoms with E-state index in [1.807, 2.05) is 0 Å². The molecule has 94 valence electrons. The molecule has 1 fully saturated rings. The summed E-state index contributed by atoms with van der Waals surface area (Å²) < 4.78 is 31.3. The van der Waals surface area contributed by atoms with Crippen LogP contribution in [0, 0.1) is 11.6 Å². The fourth-order valence-electron chi connectivity index (χ4n) is 2.26. The minimum Gasteiger partial charge on any atom is -0.389 e. The van der Waals surface area contributed by atoms with Crippen molar-refractivity contribution in [2.45, 2.75) is 31.3 Å². The Kier molecular flexibility index (Phi) is 3.74. The van der Waals surface area contributed by atoms with Crippen molar-refractivity contribution in [2.24, 2.45) is 0 Å². The highest BCUT2D eigenvalue weighted by molar-refractivity contribution is 5.20. The Morgan fingerprint density at radius 3 is 2.53 bits per heavy atom. The molecule has 0 bridgehead atoms. The van der Waals surface area contributed by atoms with E-state index >= 15 is 0 Å². The van der Waals surface area contributed by atoms with Gasteiger partial charge in [0.15, 0.2) is 0 Å². The highest BCUT2D eigenvalue weighted by Gasteiger charge is 2.28. The van der Waals surface area contributed by atoms with E-state index in [4.69, 9.17) is 4.74 Å². The lowest BCUT2D eigenvalue weighted by Gasteiger charge is -2.26. The summed E-state index contributed by atoms with van der Waals surface area (Å²) in [4.78, 5) is 0. The molecule has 17 heavy (non-hydrogen) atoms. The van der Waals surface area contributed by atoms with E-state index in [2.05, 4.69) is 0 Å². The summed E-state index contributed by atoms with van der Waals surface area (Å²) in [5.74, 6) is -1.21. The van der Waals surface area contributed by atoms with Crippen LogP contribution in [0.25, 0.3) is 0 Å². The molecular formula is C13H16F2O2. The highest BCUT2D eigenvalue weighted by atomic mass is 19.1. The second-order valence-corrected chi connectivity index (χ2v) is 4.64. The quantitative estimate of drug-likeness (QED) is 0.863. The maximum absolute atomic E-state index is 13.0. The van der Waals surface area contributed by atoms with Gasteiger partial charge in [-0.3, -0.25) is 0 Å². The third kappa shape index (κ3) is 3.48. The first-order valence-corrected chi connectivity index (χ1v) is 5.83. The topological polar surface area (TPSA) is 29.5 Å². The average molecular weight is 242 g/mol. The molecule has 0 amide bonds. The van der Waals surface area contributed by atoms with Gasteiger partial charge < -0.3 is 9.84 Å². The molecule has 1 saturated heterocycles. The van der Waals surface area contributed by atoms with Gasteiger partial charge in [-0.25, -0.2) is 8.78 Å². The Bertz CT molecular complexity index is 365. The normalized spacial score (nSPS) is 25.6. The molecule has 1 aliphatic rings. The Morgan fingerprint density at radius 2 is 1.82 bits per heavy atom. The minimum absolute atomic E-state index is 0.269. The van der Waals surface area contributed by atoms with Crippen molar-refractivity contribution in [3.63, 3.8) is 0 Å². The van der Waals surface area contributed by atoms with E-state index in [0.29, 0.717) is 31.6 Å². The summed E-state index contributed by atoms with van der Waals surface area (Å²) in [5, 5.41) is 10.4. The van der Waals surface area contributed by atoms with E-state index < -0.39 is 17.2 Å². The molecule has 1 aromatic carbocycles. The Labute approximate surface area is 99.2 Å². The summed E-state index contributed by atoms with van der Waals surface area (Å²) in [7, 11) is 0. The van der Waals surface area contributed by atoms with Crippen LogP contribution in [0.3, 0.4) is 0 Å². The zero-order chi connectivity index (χ0) is 12.3. The first-order chi connectivity index (χ1) is 8.07. The lowest BCUT2D eigenvalue weighted by molar-refractivity contribution is 0.0188. The molecular weight excluding hydrogens is 226 g/mol. The van der Waals surface area contributed by atoms with Gasteiger partial charge in [-0.15, -0.1) is 0 Å². The standard InChI is InChI=1S/C13H16F2O2/c14-11-6-10(7-12(15)8-11)9-13(16)2-1-4-17-5-3-13/h6-8,16H,1-5,9H2. The third-order valence-electron chi connectivity index (χ3n) is 3.10. The van der Waals surface area contributed by atoms with Gasteiger partial charge in [0.05, 0.1) is 5.60 Å². The lowest BCUT2D eigenvalue weighted by atomic mass is 9.88. The van der Waals surface area contributed by atoms with Gasteiger partial charge in [0.25, 0.3) is 0 Å². The SMILES string of the molecule is OC1(Cc2cc(F)cc(F)c2)CCCOCC1. The van der Waals surface area contributed by atoms with E-state index in [0.717, 1.165) is 12.5 Å². The predicted molar refractivity (Wildman–Crippen MR) is 59.7 cm³/mol. The van der Waals surface area contributed by atoms with E-state index in [9.17, 15) is 13.9 Å². The average Bonchev–Trinajstić information content (AvgIpc) is 2.41. The number of hydrogen-bond acceptors (Lipinski definition) is 2. The van der Waals surface area contributed by atoms with Gasteiger partial charge in [0, 0.05) is 25.7 Å². The number of rotatable bonds is 2. The van der Waals surface area contributed by atoms with Crippen LogP contribution in [0.4, 0.5) is 8.78 Å². The number of ether oxygens (including phenoxy) is 1. The van der Waals surface area contributed by atoms with Crippen molar-refractivity contribution < 1.29 is 18.6 Å². The maximum atomic E-state index is 13.0. The molecule has 1 heterocycles. The van der Waals surface area contributed by atoms with Gasteiger partial charge in [-0.1, -0.05) is 0 Å². The number of halogens is 2. The van der Waals surface area contributed by atoms with Crippen LogP contribution in [-0.4, -0.2) is 23.9 Å². The van der Waals surface area contributed by atoms with Crippen molar-refractivity contribution in [1.82, 2.24) is 0 Å². The molecule has 1 N–H and O–H groups in total. The molecule has 0 aliphatic carbocycles.